The van der Waals surface area contributed by atoms with Crippen molar-refractivity contribution in [2.75, 3.05) is 40.6 Å². The van der Waals surface area contributed by atoms with Crippen molar-refractivity contribution in [2.45, 2.75) is 25.5 Å². The average molecular weight is 346 g/mol. The molecule has 0 N–H and O–H groups in total. The molecule has 0 radical (unpaired) electrons. The van der Waals surface area contributed by atoms with Gasteiger partial charge in [-0.25, -0.2) is 0 Å². The third-order valence-electron chi connectivity index (χ3n) is 5.56. The summed E-state index contributed by atoms with van der Waals surface area (Å²) in [5.74, 6) is 2.25. The van der Waals surface area contributed by atoms with E-state index >= 15 is 0 Å². The highest BCUT2D eigenvalue weighted by Crippen LogP contribution is 2.36. The van der Waals surface area contributed by atoms with Gasteiger partial charge in [-0.15, -0.1) is 0 Å². The standard InChI is InChI=1S/C19H26N2O4/c1-20(2)19(22)14-6-8-23-16-5-7-21(11-15(14)16)10-13-3-4-17-18(9-13)25-12-24-17/h3-4,9,14-16H,5-8,10-12H2,1-2H3/t14-,15-,16-/m1/s1. The predicted molar refractivity (Wildman–Crippen MR) is 92.5 cm³/mol. The number of fused-ring (bicyclic) bond motifs is 2. The molecule has 3 heterocycles. The van der Waals surface area contributed by atoms with Crippen LogP contribution in [0.3, 0.4) is 0 Å². The van der Waals surface area contributed by atoms with Gasteiger partial charge in [0.2, 0.25) is 12.7 Å². The van der Waals surface area contributed by atoms with Crippen LogP contribution in [0.15, 0.2) is 18.2 Å². The number of ether oxygens (including phenoxy) is 3. The lowest BCUT2D eigenvalue weighted by Gasteiger charge is -2.45. The highest BCUT2D eigenvalue weighted by Gasteiger charge is 2.42. The van der Waals surface area contributed by atoms with Crippen LogP contribution in [0.2, 0.25) is 0 Å². The highest BCUT2D eigenvalue weighted by atomic mass is 16.7. The molecule has 136 valence electrons. The number of nitrogens with zero attached hydrogens (tertiary/aromatic N) is 2. The Balaban J connectivity index is 1.45. The number of likely N-dealkylation sites (tertiary alicyclic amines) is 1. The molecule has 1 aromatic carbocycles. The van der Waals surface area contributed by atoms with Gasteiger partial charge in [-0.05, 0) is 30.5 Å². The molecule has 0 spiro atoms. The van der Waals surface area contributed by atoms with E-state index in [-0.39, 0.29) is 23.8 Å². The smallest absolute Gasteiger partial charge is 0.231 e. The maximum atomic E-state index is 12.6. The van der Waals surface area contributed by atoms with Crippen LogP contribution in [-0.4, -0.2) is 62.4 Å². The summed E-state index contributed by atoms with van der Waals surface area (Å²) in [7, 11) is 3.69. The summed E-state index contributed by atoms with van der Waals surface area (Å²) >= 11 is 0. The largest absolute Gasteiger partial charge is 0.454 e. The lowest BCUT2D eigenvalue weighted by molar-refractivity contribution is -0.149. The molecular formula is C19H26N2O4. The molecule has 0 unspecified atom stereocenters. The maximum absolute atomic E-state index is 12.6. The molecule has 25 heavy (non-hydrogen) atoms. The summed E-state index contributed by atoms with van der Waals surface area (Å²) in [6, 6.07) is 6.14. The molecule has 2 fully saturated rings. The minimum atomic E-state index is 0.0771. The molecule has 2 saturated heterocycles. The topological polar surface area (TPSA) is 51.2 Å². The van der Waals surface area contributed by atoms with Crippen molar-refractivity contribution in [3.8, 4) is 11.5 Å². The van der Waals surface area contributed by atoms with E-state index in [2.05, 4.69) is 17.0 Å². The number of hydrogen-bond acceptors (Lipinski definition) is 5. The second-order valence-corrected chi connectivity index (χ2v) is 7.41. The maximum Gasteiger partial charge on any atom is 0.231 e. The average Bonchev–Trinajstić information content (AvgIpc) is 3.08. The van der Waals surface area contributed by atoms with Crippen LogP contribution >= 0.6 is 0 Å². The van der Waals surface area contributed by atoms with Gasteiger partial charge in [0.1, 0.15) is 0 Å². The highest BCUT2D eigenvalue weighted by molar-refractivity contribution is 5.78. The van der Waals surface area contributed by atoms with Crippen LogP contribution < -0.4 is 9.47 Å². The molecule has 4 rings (SSSR count). The van der Waals surface area contributed by atoms with E-state index in [0.717, 1.165) is 44.0 Å². The number of carbonyl (C=O) groups excluding carboxylic acids is 1. The number of rotatable bonds is 3. The minimum Gasteiger partial charge on any atom is -0.454 e. The van der Waals surface area contributed by atoms with Gasteiger partial charge in [0, 0.05) is 52.2 Å². The second-order valence-electron chi connectivity index (χ2n) is 7.41. The first-order valence-electron chi connectivity index (χ1n) is 9.05. The zero-order chi connectivity index (χ0) is 17.4. The summed E-state index contributed by atoms with van der Waals surface area (Å²) in [4.78, 5) is 16.7. The van der Waals surface area contributed by atoms with Crippen LogP contribution in [0.4, 0.5) is 0 Å². The van der Waals surface area contributed by atoms with Crippen molar-refractivity contribution in [1.82, 2.24) is 9.80 Å². The third kappa shape index (κ3) is 3.33. The van der Waals surface area contributed by atoms with Crippen molar-refractivity contribution in [2.24, 2.45) is 11.8 Å². The summed E-state index contributed by atoms with van der Waals surface area (Å²) in [6.45, 7) is 3.77. The van der Waals surface area contributed by atoms with E-state index in [1.54, 1.807) is 4.90 Å². The van der Waals surface area contributed by atoms with E-state index in [4.69, 9.17) is 14.2 Å². The molecule has 6 heteroatoms. The quantitative estimate of drug-likeness (QED) is 0.834. The SMILES string of the molecule is CN(C)C(=O)[C@@H]1CCO[C@@H]2CCN(Cc3ccc4c(c3)OCO4)C[C@@H]21. The zero-order valence-electron chi connectivity index (χ0n) is 14.9. The van der Waals surface area contributed by atoms with Crippen molar-refractivity contribution < 1.29 is 19.0 Å². The van der Waals surface area contributed by atoms with Crippen molar-refractivity contribution in [3.63, 3.8) is 0 Å². The molecule has 0 saturated carbocycles. The number of benzene rings is 1. The Bertz CT molecular complexity index is 648. The molecule has 1 aromatic rings. The predicted octanol–water partition coefficient (Wildman–Crippen LogP) is 1.73. The Morgan fingerprint density at radius 1 is 1.24 bits per heavy atom. The van der Waals surface area contributed by atoms with Crippen molar-refractivity contribution >= 4 is 5.91 Å². The fraction of sp³-hybridized carbons (Fsp3) is 0.632. The van der Waals surface area contributed by atoms with Gasteiger partial charge in [-0.2, -0.15) is 0 Å². The molecule has 3 aliphatic heterocycles. The number of amides is 1. The Morgan fingerprint density at radius 3 is 2.92 bits per heavy atom. The van der Waals surface area contributed by atoms with Gasteiger partial charge in [0.15, 0.2) is 11.5 Å². The van der Waals surface area contributed by atoms with Gasteiger partial charge in [-0.1, -0.05) is 6.07 Å². The van der Waals surface area contributed by atoms with Crippen molar-refractivity contribution in [3.05, 3.63) is 23.8 Å². The lowest BCUT2D eigenvalue weighted by Crippen LogP contribution is -2.52. The second kappa shape index (κ2) is 6.84. The summed E-state index contributed by atoms with van der Waals surface area (Å²) < 4.78 is 16.8. The van der Waals surface area contributed by atoms with E-state index in [1.165, 1.54) is 5.56 Å². The molecule has 1 amide bonds. The first kappa shape index (κ1) is 16.7. The van der Waals surface area contributed by atoms with E-state index in [1.807, 2.05) is 20.2 Å². The molecule has 6 nitrogen and oxygen atoms in total. The van der Waals surface area contributed by atoms with Crippen LogP contribution in [-0.2, 0) is 16.1 Å². The normalized spacial score (nSPS) is 28.5. The zero-order valence-corrected chi connectivity index (χ0v) is 14.9. The van der Waals surface area contributed by atoms with E-state index < -0.39 is 0 Å². The molecule has 3 atom stereocenters. The van der Waals surface area contributed by atoms with E-state index in [0.29, 0.717) is 13.4 Å². The fourth-order valence-electron chi connectivity index (χ4n) is 4.26. The monoisotopic (exact) mass is 346 g/mol. The first-order valence-corrected chi connectivity index (χ1v) is 9.05. The molecule has 0 aromatic heterocycles. The molecular weight excluding hydrogens is 320 g/mol. The van der Waals surface area contributed by atoms with Gasteiger partial charge in [0.25, 0.3) is 0 Å². The number of hydrogen-bond donors (Lipinski definition) is 0. The Kier molecular flexibility index (Phi) is 4.56. The van der Waals surface area contributed by atoms with Crippen LogP contribution in [0, 0.1) is 11.8 Å². The summed E-state index contributed by atoms with van der Waals surface area (Å²) in [6.07, 6.45) is 2.04. The number of carbonyl (C=O) groups is 1. The lowest BCUT2D eigenvalue weighted by atomic mass is 9.78. The summed E-state index contributed by atoms with van der Waals surface area (Å²) in [5.41, 5.74) is 1.22. The van der Waals surface area contributed by atoms with Crippen LogP contribution in [0.1, 0.15) is 18.4 Å². The van der Waals surface area contributed by atoms with Crippen LogP contribution in [0.25, 0.3) is 0 Å². The summed E-state index contributed by atoms with van der Waals surface area (Å²) in [5, 5.41) is 0. The van der Waals surface area contributed by atoms with Crippen LogP contribution in [0.5, 0.6) is 11.5 Å². The fourth-order valence-corrected chi connectivity index (χ4v) is 4.26. The van der Waals surface area contributed by atoms with Gasteiger partial charge >= 0.3 is 0 Å². The minimum absolute atomic E-state index is 0.0771. The molecule has 0 bridgehead atoms. The Morgan fingerprint density at radius 2 is 2.08 bits per heavy atom. The molecule has 3 aliphatic rings. The van der Waals surface area contributed by atoms with E-state index in [9.17, 15) is 4.79 Å². The van der Waals surface area contributed by atoms with Crippen molar-refractivity contribution in [1.29, 1.82) is 0 Å². The first-order chi connectivity index (χ1) is 12.1. The van der Waals surface area contributed by atoms with Gasteiger partial charge < -0.3 is 19.1 Å². The Labute approximate surface area is 148 Å². The third-order valence-corrected chi connectivity index (χ3v) is 5.56. The molecule has 0 aliphatic carbocycles. The van der Waals surface area contributed by atoms with Gasteiger partial charge in [-0.3, -0.25) is 9.69 Å². The Hall–Kier alpha value is -1.79. The van der Waals surface area contributed by atoms with Gasteiger partial charge in [0.05, 0.1) is 6.10 Å². The number of piperidine rings is 1.